The lowest BCUT2D eigenvalue weighted by atomic mass is 9.83. The van der Waals surface area contributed by atoms with Crippen molar-refractivity contribution in [3.05, 3.63) is 82.4 Å². The number of H-pyrrole nitrogens is 1. The second-order valence-electron chi connectivity index (χ2n) is 17.1. The summed E-state index contributed by atoms with van der Waals surface area (Å²) < 4.78 is -0.401. The van der Waals surface area contributed by atoms with Gasteiger partial charge in [-0.3, -0.25) is 28.8 Å². The van der Waals surface area contributed by atoms with Crippen molar-refractivity contribution in [2.24, 2.45) is 16.7 Å². The molecule has 1 aromatic carbocycles. The number of fused-ring (bicyclic) bond motifs is 1. The Bertz CT molecular complexity index is 1860. The van der Waals surface area contributed by atoms with E-state index in [-0.39, 0.29) is 31.1 Å². The van der Waals surface area contributed by atoms with Crippen LogP contribution in [0.25, 0.3) is 0 Å². The van der Waals surface area contributed by atoms with Crippen LogP contribution in [-0.2, 0) is 24.0 Å². The maximum absolute atomic E-state index is 15.0. The third kappa shape index (κ3) is 8.82. The SMILES string of the molecule is C=C1C2CCN(C(=O)[C@@H](NC(=O)[C@@H](NC(=O)c3cccc(=O)[nH]3)C(C)(C)C)C(C)(C)C)[C@@H]2C(=O)[N+]1(CCC)[C@@H](CCC)C(=O)C(=O)N[C@@H](C)c1ccccc1. The first-order valence-electron chi connectivity index (χ1n) is 19.3. The highest BCUT2D eigenvalue weighted by atomic mass is 16.2. The van der Waals surface area contributed by atoms with E-state index in [1.165, 1.54) is 23.1 Å². The number of amides is 5. The molecule has 2 aromatic rings. The molecule has 4 N–H and O–H groups in total. The molecule has 2 unspecified atom stereocenters. The Morgan fingerprint density at radius 3 is 2.07 bits per heavy atom. The normalized spacial score (nSPS) is 21.9. The molecule has 4 rings (SSSR count). The van der Waals surface area contributed by atoms with Crippen LogP contribution in [0.5, 0.6) is 0 Å². The number of aromatic amines is 1. The Morgan fingerprint density at radius 2 is 1.51 bits per heavy atom. The van der Waals surface area contributed by atoms with E-state index in [1.807, 2.05) is 44.2 Å². The number of carbonyl (C=O) groups is 6. The number of carbonyl (C=O) groups excluding carboxylic acids is 6. The largest absolute Gasteiger partial charge is 0.343 e. The molecular weight excluding hydrogens is 700 g/mol. The summed E-state index contributed by atoms with van der Waals surface area (Å²) in [5.41, 5.74) is -0.760. The molecular formula is C42H59N6O7+. The standard InChI is InChI=1S/C42H58N6O7/c1-11-17-30(33(50)37(52)43-25(3)27-18-14-13-15-19-27)48(24-12-2)26(4)28-22-23-47(32(28)40(48)55)39(54)35(42(8,9)10)46-38(53)34(41(5,6)7)45-36(51)29-20-16-21-31(49)44-29/h13-16,18-21,25,28,30,32,34-35H,4,11-12,17,22-24H2,1-3,5-10H3,(H3-,43,44,45,46,49,51,52,53)/p+1/t25-,28?,30-,32-,34+,35+,48?/m0/s1. The topological polar surface area (TPSA) is 175 Å². The maximum atomic E-state index is 15.0. The Hall–Kier alpha value is -4.91. The molecule has 55 heavy (non-hydrogen) atoms. The summed E-state index contributed by atoms with van der Waals surface area (Å²) in [7, 11) is 0. The minimum absolute atomic E-state index is 0.0159. The zero-order valence-corrected chi connectivity index (χ0v) is 33.8. The predicted octanol–water partition coefficient (Wildman–Crippen LogP) is 4.16. The van der Waals surface area contributed by atoms with Crippen molar-refractivity contribution in [3.63, 3.8) is 0 Å². The molecule has 1 aromatic heterocycles. The molecule has 13 heteroatoms. The predicted molar refractivity (Wildman–Crippen MR) is 209 cm³/mol. The van der Waals surface area contributed by atoms with Gasteiger partial charge in [-0.2, -0.15) is 0 Å². The summed E-state index contributed by atoms with van der Waals surface area (Å²) in [5, 5.41) is 8.46. The van der Waals surface area contributed by atoms with Crippen LogP contribution in [0, 0.1) is 16.7 Å². The first-order chi connectivity index (χ1) is 25.7. The highest BCUT2D eigenvalue weighted by Crippen LogP contribution is 2.47. The summed E-state index contributed by atoms with van der Waals surface area (Å²) in [4.78, 5) is 101. The Labute approximate surface area is 324 Å². The smallest absolute Gasteiger partial charge is 0.342 e. The van der Waals surface area contributed by atoms with Crippen LogP contribution in [0.1, 0.15) is 110 Å². The minimum atomic E-state index is -1.11. The van der Waals surface area contributed by atoms with Gasteiger partial charge in [0.05, 0.1) is 18.5 Å². The van der Waals surface area contributed by atoms with Crippen molar-refractivity contribution in [1.29, 1.82) is 0 Å². The van der Waals surface area contributed by atoms with E-state index in [1.54, 1.807) is 48.5 Å². The van der Waals surface area contributed by atoms with E-state index in [9.17, 15) is 33.6 Å². The lowest BCUT2D eigenvalue weighted by molar-refractivity contribution is -0.829. The van der Waals surface area contributed by atoms with Crippen LogP contribution in [0.15, 0.2) is 65.6 Å². The molecule has 0 radical (unpaired) electrons. The second-order valence-corrected chi connectivity index (χ2v) is 17.1. The van der Waals surface area contributed by atoms with E-state index in [2.05, 4.69) is 27.5 Å². The molecule has 298 valence electrons. The number of hydrogen-bond acceptors (Lipinski definition) is 7. The third-order valence-electron chi connectivity index (χ3n) is 10.9. The minimum Gasteiger partial charge on any atom is -0.343 e. The summed E-state index contributed by atoms with van der Waals surface area (Å²) in [6.07, 6.45) is 1.74. The average Bonchev–Trinajstić information content (AvgIpc) is 3.65. The third-order valence-corrected chi connectivity index (χ3v) is 10.9. The summed E-state index contributed by atoms with van der Waals surface area (Å²) >= 11 is 0. The van der Waals surface area contributed by atoms with Crippen molar-refractivity contribution < 1.29 is 33.3 Å². The van der Waals surface area contributed by atoms with E-state index in [0.29, 0.717) is 25.0 Å². The zero-order valence-electron chi connectivity index (χ0n) is 33.8. The number of nitrogens with zero attached hydrogens (tertiary/aromatic N) is 2. The summed E-state index contributed by atoms with van der Waals surface area (Å²) in [6, 6.07) is 8.82. The van der Waals surface area contributed by atoms with Crippen LogP contribution in [0.3, 0.4) is 0 Å². The van der Waals surface area contributed by atoms with Crippen LogP contribution in [-0.4, -0.2) is 86.9 Å². The van der Waals surface area contributed by atoms with Crippen LogP contribution in [0.2, 0.25) is 0 Å². The van der Waals surface area contributed by atoms with Gasteiger partial charge in [0.15, 0.2) is 12.1 Å². The zero-order chi connectivity index (χ0) is 41.0. The van der Waals surface area contributed by atoms with Crippen molar-refractivity contribution in [2.45, 2.75) is 118 Å². The molecule has 3 heterocycles. The van der Waals surface area contributed by atoms with Gasteiger partial charge in [0, 0.05) is 19.0 Å². The number of aromatic nitrogens is 1. The van der Waals surface area contributed by atoms with Gasteiger partial charge in [-0.25, -0.2) is 9.28 Å². The number of nitrogens with one attached hydrogen (secondary N) is 4. The van der Waals surface area contributed by atoms with Gasteiger partial charge in [0.2, 0.25) is 17.4 Å². The fourth-order valence-corrected chi connectivity index (χ4v) is 8.06. The summed E-state index contributed by atoms with van der Waals surface area (Å²) in [5.74, 6) is -4.01. The van der Waals surface area contributed by atoms with Crippen molar-refractivity contribution in [3.8, 4) is 0 Å². The number of benzene rings is 1. The lowest BCUT2D eigenvalue weighted by Crippen LogP contribution is -2.65. The van der Waals surface area contributed by atoms with E-state index >= 15 is 0 Å². The van der Waals surface area contributed by atoms with Crippen molar-refractivity contribution >= 4 is 35.3 Å². The fraction of sp³-hybridized carbons (Fsp3) is 0.548. The van der Waals surface area contributed by atoms with E-state index < -0.39 is 86.4 Å². The van der Waals surface area contributed by atoms with E-state index in [0.717, 1.165) is 5.56 Å². The molecule has 2 saturated heterocycles. The fourth-order valence-electron chi connectivity index (χ4n) is 8.06. The van der Waals surface area contributed by atoms with E-state index in [4.69, 9.17) is 0 Å². The van der Waals surface area contributed by atoms with Crippen molar-refractivity contribution in [1.82, 2.24) is 25.8 Å². The van der Waals surface area contributed by atoms with Crippen LogP contribution in [0.4, 0.5) is 0 Å². The van der Waals surface area contributed by atoms with Crippen LogP contribution < -0.4 is 21.5 Å². The highest BCUT2D eigenvalue weighted by Gasteiger charge is 2.67. The first kappa shape index (κ1) is 42.8. The highest BCUT2D eigenvalue weighted by molar-refractivity contribution is 6.38. The Morgan fingerprint density at radius 1 is 0.873 bits per heavy atom. The van der Waals surface area contributed by atoms with Gasteiger partial charge in [-0.05, 0) is 55.2 Å². The number of pyridine rings is 1. The molecule has 2 aliphatic rings. The molecule has 0 saturated carbocycles. The summed E-state index contributed by atoms with van der Waals surface area (Å²) in [6.45, 7) is 21.2. The Kier molecular flexibility index (Phi) is 13.1. The average molecular weight is 760 g/mol. The van der Waals surface area contributed by atoms with Gasteiger partial charge in [-0.15, -0.1) is 0 Å². The Balaban J connectivity index is 1.64. The number of Topliss-reactive ketones (excluding diaryl/α,β-unsaturated/α-hetero) is 1. The number of ketones is 1. The number of likely N-dealkylation sites (tertiary alicyclic amines) is 2. The molecule has 5 amide bonds. The molecule has 2 aliphatic heterocycles. The quantitative estimate of drug-likeness (QED) is 0.165. The van der Waals surface area contributed by atoms with Gasteiger partial charge in [0.1, 0.15) is 23.5 Å². The second kappa shape index (κ2) is 16.8. The maximum Gasteiger partial charge on any atom is 0.342 e. The molecule has 13 nitrogen and oxygen atoms in total. The van der Waals surface area contributed by atoms with Crippen LogP contribution >= 0.6 is 0 Å². The monoisotopic (exact) mass is 759 g/mol. The molecule has 7 atom stereocenters. The first-order valence-corrected chi connectivity index (χ1v) is 19.3. The van der Waals surface area contributed by atoms with Crippen molar-refractivity contribution in [2.75, 3.05) is 13.1 Å². The number of hydrogen-bond donors (Lipinski definition) is 4. The lowest BCUT2D eigenvalue weighted by Gasteiger charge is -2.40. The number of rotatable bonds is 14. The molecule has 0 spiro atoms. The van der Waals surface area contributed by atoms with Gasteiger partial charge in [-0.1, -0.05) is 91.8 Å². The number of quaternary nitrogens is 1. The molecule has 0 bridgehead atoms. The molecule has 2 fully saturated rings. The van der Waals surface area contributed by atoms with Gasteiger partial charge >= 0.3 is 5.91 Å². The molecule has 0 aliphatic carbocycles. The van der Waals surface area contributed by atoms with Gasteiger partial charge < -0.3 is 25.8 Å². The van der Waals surface area contributed by atoms with Gasteiger partial charge in [0.25, 0.3) is 17.6 Å².